The molecule has 0 radical (unpaired) electrons. The van der Waals surface area contributed by atoms with E-state index in [4.69, 9.17) is 25.8 Å². The third kappa shape index (κ3) is 3.96. The van der Waals surface area contributed by atoms with Crippen molar-refractivity contribution in [3.05, 3.63) is 17.2 Å². The summed E-state index contributed by atoms with van der Waals surface area (Å²) in [6, 6.07) is 3.57. The summed E-state index contributed by atoms with van der Waals surface area (Å²) in [6.45, 7) is 3.60. The lowest BCUT2D eigenvalue weighted by Gasteiger charge is -2.16. The molecular weight excluding hydrogens is 254 g/mol. The second-order valence-corrected chi connectivity index (χ2v) is 4.54. The Hall–Kier alpha value is -1.13. The Morgan fingerprint density at radius 3 is 2.39 bits per heavy atom. The van der Waals surface area contributed by atoms with E-state index in [9.17, 15) is 0 Å². The molecule has 18 heavy (non-hydrogen) atoms. The highest BCUT2D eigenvalue weighted by Gasteiger charge is 2.10. The van der Waals surface area contributed by atoms with Gasteiger partial charge in [-0.3, -0.25) is 0 Å². The molecule has 1 N–H and O–H groups in total. The van der Waals surface area contributed by atoms with Crippen molar-refractivity contribution in [3.63, 3.8) is 0 Å². The van der Waals surface area contributed by atoms with E-state index in [-0.39, 0.29) is 0 Å². The quantitative estimate of drug-likeness (QED) is 0.829. The topological polar surface area (TPSA) is 39.7 Å². The first kappa shape index (κ1) is 14.9. The van der Waals surface area contributed by atoms with Gasteiger partial charge in [0, 0.05) is 19.7 Å². The molecule has 0 aromatic heterocycles. The summed E-state index contributed by atoms with van der Waals surface area (Å²) in [6.07, 6.45) is 0. The summed E-state index contributed by atoms with van der Waals surface area (Å²) in [5, 5.41) is 3.85. The van der Waals surface area contributed by atoms with E-state index in [0.717, 1.165) is 12.2 Å². The van der Waals surface area contributed by atoms with Gasteiger partial charge in [0.1, 0.15) is 11.5 Å². The molecule has 1 atom stereocenters. The summed E-state index contributed by atoms with van der Waals surface area (Å²) in [4.78, 5) is 0. The molecular formula is C13H20ClNO3. The summed E-state index contributed by atoms with van der Waals surface area (Å²) in [5.74, 6) is 1.71. The van der Waals surface area contributed by atoms with E-state index in [0.29, 0.717) is 29.0 Å². The molecule has 0 aliphatic carbocycles. The molecule has 1 aromatic carbocycles. The number of benzene rings is 1. The number of ether oxygens (including phenoxy) is 3. The van der Waals surface area contributed by atoms with Crippen molar-refractivity contribution in [2.75, 3.05) is 39.8 Å². The zero-order valence-corrected chi connectivity index (χ0v) is 12.0. The first-order valence-corrected chi connectivity index (χ1v) is 6.14. The first-order chi connectivity index (χ1) is 8.62. The van der Waals surface area contributed by atoms with Gasteiger partial charge in [-0.25, -0.2) is 0 Å². The number of hydrogen-bond acceptors (Lipinski definition) is 4. The van der Waals surface area contributed by atoms with Crippen molar-refractivity contribution in [1.29, 1.82) is 0 Å². The van der Waals surface area contributed by atoms with Crippen LogP contribution in [0.25, 0.3) is 0 Å². The van der Waals surface area contributed by atoms with E-state index < -0.39 is 0 Å². The van der Waals surface area contributed by atoms with Crippen molar-refractivity contribution < 1.29 is 14.2 Å². The number of anilines is 1. The zero-order chi connectivity index (χ0) is 13.5. The van der Waals surface area contributed by atoms with E-state index >= 15 is 0 Å². The van der Waals surface area contributed by atoms with Crippen LogP contribution in [0.1, 0.15) is 6.92 Å². The Labute approximate surface area is 113 Å². The fourth-order valence-electron chi connectivity index (χ4n) is 1.63. The minimum absolute atomic E-state index is 0.403. The molecule has 1 rings (SSSR count). The second kappa shape index (κ2) is 7.34. The molecule has 4 nitrogen and oxygen atoms in total. The molecule has 5 heteroatoms. The minimum Gasteiger partial charge on any atom is -0.495 e. The van der Waals surface area contributed by atoms with Gasteiger partial charge in [-0.1, -0.05) is 18.5 Å². The summed E-state index contributed by atoms with van der Waals surface area (Å²) in [5.41, 5.74) is 0.853. The number of halogens is 1. The van der Waals surface area contributed by atoms with Crippen LogP contribution in [0, 0.1) is 5.92 Å². The van der Waals surface area contributed by atoms with E-state index in [1.165, 1.54) is 0 Å². The van der Waals surface area contributed by atoms with E-state index in [1.807, 2.05) is 0 Å². The molecule has 0 fully saturated rings. The SMILES string of the molecule is COCC(C)CNc1cc(Cl)c(OC)cc1OC. The molecule has 0 aliphatic heterocycles. The van der Waals surface area contributed by atoms with Crippen LogP contribution in [0.4, 0.5) is 5.69 Å². The molecule has 0 saturated heterocycles. The molecule has 0 amide bonds. The van der Waals surface area contributed by atoms with Crippen LogP contribution in [0.2, 0.25) is 5.02 Å². The molecule has 0 aliphatic rings. The van der Waals surface area contributed by atoms with Gasteiger partial charge in [0.25, 0.3) is 0 Å². The van der Waals surface area contributed by atoms with Crippen molar-refractivity contribution in [2.24, 2.45) is 5.92 Å². The lowest BCUT2D eigenvalue weighted by molar-refractivity contribution is 0.164. The standard InChI is InChI=1S/C13H20ClNO3/c1-9(8-16-2)7-15-11-5-10(14)12(17-3)6-13(11)18-4/h5-6,9,15H,7-8H2,1-4H3. The normalized spacial score (nSPS) is 12.1. The second-order valence-electron chi connectivity index (χ2n) is 4.13. The van der Waals surface area contributed by atoms with E-state index in [2.05, 4.69) is 12.2 Å². The molecule has 0 saturated carbocycles. The molecule has 102 valence electrons. The Kier molecular flexibility index (Phi) is 6.09. The third-order valence-electron chi connectivity index (χ3n) is 2.57. The number of nitrogens with one attached hydrogen (secondary N) is 1. The van der Waals surface area contributed by atoms with Crippen molar-refractivity contribution in [1.82, 2.24) is 0 Å². The van der Waals surface area contributed by atoms with Gasteiger partial charge < -0.3 is 19.5 Å². The number of rotatable bonds is 7. The van der Waals surface area contributed by atoms with Crippen molar-refractivity contribution >= 4 is 17.3 Å². The monoisotopic (exact) mass is 273 g/mol. The molecule has 0 heterocycles. The fourth-order valence-corrected chi connectivity index (χ4v) is 1.87. The van der Waals surface area contributed by atoms with Crippen LogP contribution >= 0.6 is 11.6 Å². The molecule has 0 spiro atoms. The Balaban J connectivity index is 2.78. The van der Waals surface area contributed by atoms with Crippen molar-refractivity contribution in [3.8, 4) is 11.5 Å². The Morgan fingerprint density at radius 1 is 1.17 bits per heavy atom. The average Bonchev–Trinajstić information content (AvgIpc) is 2.36. The highest BCUT2D eigenvalue weighted by molar-refractivity contribution is 6.32. The lowest BCUT2D eigenvalue weighted by atomic mass is 10.2. The third-order valence-corrected chi connectivity index (χ3v) is 2.86. The van der Waals surface area contributed by atoms with E-state index in [1.54, 1.807) is 33.5 Å². The van der Waals surface area contributed by atoms with Crippen LogP contribution in [0.3, 0.4) is 0 Å². The van der Waals surface area contributed by atoms with Gasteiger partial charge in [-0.05, 0) is 12.0 Å². The van der Waals surface area contributed by atoms with Gasteiger partial charge >= 0.3 is 0 Å². The molecule has 1 unspecified atom stereocenters. The van der Waals surface area contributed by atoms with Crippen LogP contribution in [-0.4, -0.2) is 34.5 Å². The van der Waals surface area contributed by atoms with Gasteiger partial charge in [-0.15, -0.1) is 0 Å². The average molecular weight is 274 g/mol. The van der Waals surface area contributed by atoms with Gasteiger partial charge in [0.15, 0.2) is 0 Å². The predicted octanol–water partition coefficient (Wildman–Crippen LogP) is 3.05. The van der Waals surface area contributed by atoms with Crippen LogP contribution < -0.4 is 14.8 Å². The minimum atomic E-state index is 0.403. The maximum absolute atomic E-state index is 6.09. The maximum Gasteiger partial charge on any atom is 0.145 e. The summed E-state index contributed by atoms with van der Waals surface area (Å²) in [7, 11) is 4.89. The first-order valence-electron chi connectivity index (χ1n) is 5.76. The smallest absolute Gasteiger partial charge is 0.145 e. The Bertz CT molecular complexity index is 385. The molecule has 0 bridgehead atoms. The van der Waals surface area contributed by atoms with Gasteiger partial charge in [0.05, 0.1) is 31.5 Å². The number of methoxy groups -OCH3 is 3. The van der Waals surface area contributed by atoms with Crippen LogP contribution in [0.5, 0.6) is 11.5 Å². The summed E-state index contributed by atoms with van der Waals surface area (Å²) < 4.78 is 15.5. The van der Waals surface area contributed by atoms with Crippen molar-refractivity contribution in [2.45, 2.75) is 6.92 Å². The fraction of sp³-hybridized carbons (Fsp3) is 0.538. The highest BCUT2D eigenvalue weighted by atomic mass is 35.5. The van der Waals surface area contributed by atoms with Crippen LogP contribution in [0.15, 0.2) is 12.1 Å². The lowest BCUT2D eigenvalue weighted by Crippen LogP contribution is -2.16. The van der Waals surface area contributed by atoms with Gasteiger partial charge in [0.2, 0.25) is 0 Å². The largest absolute Gasteiger partial charge is 0.495 e. The zero-order valence-electron chi connectivity index (χ0n) is 11.2. The maximum atomic E-state index is 6.09. The number of hydrogen-bond donors (Lipinski definition) is 1. The van der Waals surface area contributed by atoms with Gasteiger partial charge in [-0.2, -0.15) is 0 Å². The van der Waals surface area contributed by atoms with Crippen LogP contribution in [-0.2, 0) is 4.74 Å². The highest BCUT2D eigenvalue weighted by Crippen LogP contribution is 2.35. The predicted molar refractivity (Wildman–Crippen MR) is 74.1 cm³/mol. The summed E-state index contributed by atoms with van der Waals surface area (Å²) >= 11 is 6.09. The Morgan fingerprint density at radius 2 is 1.83 bits per heavy atom. The molecule has 1 aromatic rings.